The number of imidazole rings is 1. The zero-order valence-electron chi connectivity index (χ0n) is 15.1. The van der Waals surface area contributed by atoms with Gasteiger partial charge in [-0.05, 0) is 31.9 Å². The van der Waals surface area contributed by atoms with Crippen LogP contribution in [-0.4, -0.2) is 37.8 Å². The molecule has 1 aromatic carbocycles. The number of ketones is 1. The van der Waals surface area contributed by atoms with Gasteiger partial charge in [0, 0.05) is 12.1 Å². The number of carbonyl (C=O) groups is 1. The number of Topliss-reactive ketones (excluding diaryl/α,β-unsaturated/α-hetero) is 1. The summed E-state index contributed by atoms with van der Waals surface area (Å²) in [5.74, 6) is -0.296. The zero-order valence-corrected chi connectivity index (χ0v) is 16.2. The minimum atomic E-state index is -0.607. The summed E-state index contributed by atoms with van der Waals surface area (Å²) in [6.45, 7) is 6.78. The number of nitrogens with zero attached hydrogens (tertiary/aromatic N) is 4. The fraction of sp³-hybridized carbons (Fsp3) is 0.333. The molecular formula is C18H22N5O2P. The molecule has 7 nitrogen and oxygen atoms in total. The van der Waals surface area contributed by atoms with Gasteiger partial charge in [0.25, 0.3) is 0 Å². The van der Waals surface area contributed by atoms with Crippen molar-refractivity contribution < 1.29 is 9.53 Å². The lowest BCUT2D eigenvalue weighted by molar-refractivity contribution is 0.0656. The highest BCUT2D eigenvalue weighted by Crippen LogP contribution is 2.21. The number of hydrogen-bond donors (Lipinski definition) is 1. The molecule has 0 aliphatic heterocycles. The number of ether oxygens (including phenoxy) is 1. The number of rotatable bonds is 6. The first-order valence-corrected chi connectivity index (χ1v) is 8.95. The lowest BCUT2D eigenvalue weighted by Gasteiger charge is -2.16. The van der Waals surface area contributed by atoms with Crippen LogP contribution in [0.25, 0.3) is 11.2 Å². The Morgan fingerprint density at radius 1 is 1.23 bits per heavy atom. The van der Waals surface area contributed by atoms with Crippen LogP contribution in [0.5, 0.6) is 0 Å². The van der Waals surface area contributed by atoms with Crippen molar-refractivity contribution in [3.63, 3.8) is 0 Å². The molecule has 2 atom stereocenters. The van der Waals surface area contributed by atoms with E-state index in [1.54, 1.807) is 6.33 Å². The van der Waals surface area contributed by atoms with Gasteiger partial charge in [-0.2, -0.15) is 0 Å². The summed E-state index contributed by atoms with van der Waals surface area (Å²) >= 11 is 0. The molecule has 3 aromatic rings. The maximum Gasteiger partial charge on any atom is 0.195 e. The summed E-state index contributed by atoms with van der Waals surface area (Å²) in [6.07, 6.45) is 3.05. The van der Waals surface area contributed by atoms with E-state index in [0.29, 0.717) is 30.1 Å². The van der Waals surface area contributed by atoms with Crippen molar-refractivity contribution in [2.24, 2.45) is 0 Å². The highest BCUT2D eigenvalue weighted by molar-refractivity contribution is 7.19. The van der Waals surface area contributed by atoms with Gasteiger partial charge in [0.1, 0.15) is 17.7 Å². The van der Waals surface area contributed by atoms with E-state index >= 15 is 0 Å². The number of nitrogens with two attached hydrogens (primary N) is 1. The molecule has 136 valence electrons. The maximum absolute atomic E-state index is 12.7. The van der Waals surface area contributed by atoms with Gasteiger partial charge in [-0.3, -0.25) is 4.79 Å². The van der Waals surface area contributed by atoms with E-state index < -0.39 is 5.85 Å². The topological polar surface area (TPSA) is 95.9 Å². The van der Waals surface area contributed by atoms with E-state index in [2.05, 4.69) is 24.2 Å². The average molecular weight is 371 g/mol. The number of nitrogen functional groups attached to an aromatic ring is 1. The molecule has 2 heterocycles. The highest BCUT2D eigenvalue weighted by Gasteiger charge is 2.20. The number of aryl methyl sites for hydroxylation is 3. The van der Waals surface area contributed by atoms with Crippen LogP contribution in [-0.2, 0) is 11.3 Å². The maximum atomic E-state index is 12.7. The van der Waals surface area contributed by atoms with Crippen molar-refractivity contribution in [1.82, 2.24) is 19.5 Å². The molecule has 0 aliphatic rings. The molecule has 3 rings (SSSR count). The molecule has 0 spiro atoms. The summed E-state index contributed by atoms with van der Waals surface area (Å²) in [4.78, 5) is 25.1. The van der Waals surface area contributed by atoms with Gasteiger partial charge in [0.15, 0.2) is 17.2 Å². The van der Waals surface area contributed by atoms with Crippen LogP contribution in [0.4, 0.5) is 5.82 Å². The summed E-state index contributed by atoms with van der Waals surface area (Å²) < 4.78 is 7.57. The van der Waals surface area contributed by atoms with Crippen molar-refractivity contribution >= 4 is 32.0 Å². The molecular weight excluding hydrogens is 349 g/mol. The predicted molar refractivity (Wildman–Crippen MR) is 104 cm³/mol. The third-order valence-electron chi connectivity index (χ3n) is 4.24. The van der Waals surface area contributed by atoms with Gasteiger partial charge in [0.05, 0.1) is 12.9 Å². The molecule has 0 radical (unpaired) electrons. The molecule has 0 saturated carbocycles. The Bertz CT molecular complexity index is 946. The molecule has 26 heavy (non-hydrogen) atoms. The van der Waals surface area contributed by atoms with Crippen LogP contribution in [0.2, 0.25) is 0 Å². The van der Waals surface area contributed by atoms with E-state index in [9.17, 15) is 4.79 Å². The monoisotopic (exact) mass is 371 g/mol. The zero-order chi connectivity index (χ0) is 18.8. The van der Waals surface area contributed by atoms with Crippen LogP contribution in [0.1, 0.15) is 27.0 Å². The van der Waals surface area contributed by atoms with Gasteiger partial charge < -0.3 is 15.0 Å². The highest BCUT2D eigenvalue weighted by atomic mass is 31.0. The van der Waals surface area contributed by atoms with Crippen molar-refractivity contribution in [2.45, 2.75) is 33.2 Å². The molecule has 0 bridgehead atoms. The Morgan fingerprint density at radius 2 is 1.92 bits per heavy atom. The largest absolute Gasteiger partial charge is 0.382 e. The second-order valence-corrected chi connectivity index (χ2v) is 6.90. The number of hydrogen-bond acceptors (Lipinski definition) is 6. The standard InChI is InChI=1S/C18H22N5O2P/c1-10-6-11(2)13(12(3)7-10)15(24)18(26)25-5-4-23-9-22-14-16(19)20-8-21-17(14)23/h6-9,18H,4-5,26H2,1-3H3,(H2,19,20,21). The van der Waals surface area contributed by atoms with Gasteiger partial charge in [-0.1, -0.05) is 26.9 Å². The summed E-state index contributed by atoms with van der Waals surface area (Å²) in [5, 5.41) is 0. The molecule has 8 heteroatoms. The Kier molecular flexibility index (Phi) is 5.30. The SMILES string of the molecule is Cc1cc(C)c(C(=O)C(P)OCCn2cnc3c(N)ncnc32)c(C)c1. The van der Waals surface area contributed by atoms with Gasteiger partial charge in [0.2, 0.25) is 0 Å². The molecule has 0 aliphatic carbocycles. The van der Waals surface area contributed by atoms with Crippen molar-refractivity contribution in [3.8, 4) is 0 Å². The summed E-state index contributed by atoms with van der Waals surface area (Å²) in [5.41, 5.74) is 10.8. The van der Waals surface area contributed by atoms with Crippen LogP contribution >= 0.6 is 9.24 Å². The fourth-order valence-electron chi connectivity index (χ4n) is 3.13. The Labute approximate surface area is 154 Å². The van der Waals surface area contributed by atoms with Gasteiger partial charge >= 0.3 is 0 Å². The second kappa shape index (κ2) is 7.48. The quantitative estimate of drug-likeness (QED) is 0.528. The molecule has 2 aromatic heterocycles. The van der Waals surface area contributed by atoms with E-state index in [4.69, 9.17) is 10.5 Å². The van der Waals surface area contributed by atoms with Crippen LogP contribution in [0.15, 0.2) is 24.8 Å². The lowest BCUT2D eigenvalue weighted by Crippen LogP contribution is -2.22. The fourth-order valence-corrected chi connectivity index (χ4v) is 3.43. The average Bonchev–Trinajstić information content (AvgIpc) is 2.98. The van der Waals surface area contributed by atoms with Crippen LogP contribution in [0.3, 0.4) is 0 Å². The Balaban J connectivity index is 1.66. The first-order valence-electron chi connectivity index (χ1n) is 8.29. The minimum Gasteiger partial charge on any atom is -0.382 e. The van der Waals surface area contributed by atoms with E-state index in [1.807, 2.05) is 37.5 Å². The number of fused-ring (bicyclic) bond motifs is 1. The van der Waals surface area contributed by atoms with Crippen LogP contribution < -0.4 is 5.73 Å². The Morgan fingerprint density at radius 3 is 2.62 bits per heavy atom. The number of carbonyl (C=O) groups excluding carboxylic acids is 1. The van der Waals surface area contributed by atoms with Crippen molar-refractivity contribution in [3.05, 3.63) is 47.0 Å². The number of aromatic nitrogens is 4. The van der Waals surface area contributed by atoms with E-state index in [0.717, 1.165) is 22.3 Å². The smallest absolute Gasteiger partial charge is 0.195 e. The van der Waals surface area contributed by atoms with Gasteiger partial charge in [-0.15, -0.1) is 0 Å². The van der Waals surface area contributed by atoms with E-state index in [-0.39, 0.29) is 5.78 Å². The predicted octanol–water partition coefficient (Wildman–Crippen LogP) is 2.43. The summed E-state index contributed by atoms with van der Waals surface area (Å²) in [6, 6.07) is 4.03. The Hall–Kier alpha value is -2.37. The normalized spacial score (nSPS) is 12.5. The summed E-state index contributed by atoms with van der Waals surface area (Å²) in [7, 11) is 2.48. The second-order valence-electron chi connectivity index (χ2n) is 6.30. The third kappa shape index (κ3) is 3.59. The lowest BCUT2D eigenvalue weighted by atomic mass is 9.97. The van der Waals surface area contributed by atoms with E-state index in [1.165, 1.54) is 6.33 Å². The molecule has 2 unspecified atom stereocenters. The number of anilines is 1. The third-order valence-corrected chi connectivity index (χ3v) is 4.74. The van der Waals surface area contributed by atoms with Gasteiger partial charge in [-0.25, -0.2) is 15.0 Å². The number of benzene rings is 1. The molecule has 0 amide bonds. The van der Waals surface area contributed by atoms with Crippen molar-refractivity contribution in [1.29, 1.82) is 0 Å². The molecule has 0 fully saturated rings. The van der Waals surface area contributed by atoms with Crippen molar-refractivity contribution in [2.75, 3.05) is 12.3 Å². The first-order chi connectivity index (χ1) is 12.4. The van der Waals surface area contributed by atoms with Crippen LogP contribution in [0, 0.1) is 20.8 Å². The molecule has 0 saturated heterocycles. The molecule has 2 N–H and O–H groups in total. The first kappa shape index (κ1) is 18.4. The minimum absolute atomic E-state index is 0.0351.